The average Bonchev–Trinajstić information content (AvgIpc) is 3.16. The van der Waals surface area contributed by atoms with Crippen molar-refractivity contribution in [2.75, 3.05) is 0 Å². The normalized spacial score (nSPS) is 14.8. The summed E-state index contributed by atoms with van der Waals surface area (Å²) in [6.45, 7) is 4.61. The summed E-state index contributed by atoms with van der Waals surface area (Å²) in [5, 5.41) is 4.70. The van der Waals surface area contributed by atoms with E-state index < -0.39 is 0 Å². The Morgan fingerprint density at radius 2 is 1.41 bits per heavy atom. The first-order valence-electron chi connectivity index (χ1n) is 9.24. The maximum absolute atomic E-state index is 6.61. The largest absolute Gasteiger partial charge is 0.455 e. The van der Waals surface area contributed by atoms with Crippen molar-refractivity contribution < 1.29 is 4.42 Å². The highest BCUT2D eigenvalue weighted by Gasteiger charge is 2.38. The van der Waals surface area contributed by atoms with E-state index in [0.717, 1.165) is 21.0 Å². The Morgan fingerprint density at radius 3 is 2.26 bits per heavy atom. The highest BCUT2D eigenvalue weighted by molar-refractivity contribution is 9.10. The molecule has 27 heavy (non-hydrogen) atoms. The van der Waals surface area contributed by atoms with E-state index in [-0.39, 0.29) is 5.41 Å². The third-order valence-corrected chi connectivity index (χ3v) is 6.77. The zero-order chi connectivity index (χ0) is 18.3. The van der Waals surface area contributed by atoms with Gasteiger partial charge in [0.1, 0.15) is 11.2 Å². The van der Waals surface area contributed by atoms with Crippen LogP contribution in [0, 0.1) is 0 Å². The van der Waals surface area contributed by atoms with Gasteiger partial charge in [-0.1, -0.05) is 84.4 Å². The first kappa shape index (κ1) is 15.5. The second-order valence-corrected chi connectivity index (χ2v) is 8.77. The summed E-state index contributed by atoms with van der Waals surface area (Å²) in [4.78, 5) is 0. The van der Waals surface area contributed by atoms with Gasteiger partial charge >= 0.3 is 0 Å². The van der Waals surface area contributed by atoms with Crippen LogP contribution >= 0.6 is 15.9 Å². The minimum atomic E-state index is -0.0770. The van der Waals surface area contributed by atoms with Crippen molar-refractivity contribution in [1.29, 1.82) is 0 Å². The fourth-order valence-electron chi connectivity index (χ4n) is 4.86. The van der Waals surface area contributed by atoms with Crippen molar-refractivity contribution in [3.05, 3.63) is 82.3 Å². The molecule has 0 radical (unpaired) electrons. The SMILES string of the molecule is CC1(C)c2ccccc2-c2ccc3c(oc4c5ccccc5c(Br)cc34)c21. The molecule has 0 unspecified atom stereocenters. The molecule has 0 spiro atoms. The Bertz CT molecular complexity index is 1400. The molecule has 1 aliphatic carbocycles. The monoisotopic (exact) mass is 412 g/mol. The van der Waals surface area contributed by atoms with Gasteiger partial charge in [-0.05, 0) is 34.2 Å². The molecule has 1 aliphatic rings. The van der Waals surface area contributed by atoms with E-state index in [1.807, 2.05) is 0 Å². The predicted octanol–water partition coefficient (Wildman–Crippen LogP) is 7.81. The van der Waals surface area contributed by atoms with Gasteiger partial charge in [0.05, 0.1) is 0 Å². The maximum atomic E-state index is 6.61. The summed E-state index contributed by atoms with van der Waals surface area (Å²) in [7, 11) is 0. The van der Waals surface area contributed by atoms with Gasteiger partial charge in [0, 0.05) is 31.6 Å². The highest BCUT2D eigenvalue weighted by Crippen LogP contribution is 2.52. The average molecular weight is 413 g/mol. The minimum absolute atomic E-state index is 0.0770. The van der Waals surface area contributed by atoms with E-state index in [1.54, 1.807) is 0 Å². The summed E-state index contributed by atoms with van der Waals surface area (Å²) in [5.74, 6) is 0. The Labute approximate surface area is 165 Å². The highest BCUT2D eigenvalue weighted by atomic mass is 79.9. The third kappa shape index (κ3) is 1.84. The number of furan rings is 1. The first-order valence-corrected chi connectivity index (χ1v) is 10.0. The first-order chi connectivity index (χ1) is 13.1. The van der Waals surface area contributed by atoms with Gasteiger partial charge < -0.3 is 4.42 Å². The molecule has 0 saturated carbocycles. The number of halogens is 1. The van der Waals surface area contributed by atoms with Crippen LogP contribution in [0.5, 0.6) is 0 Å². The Kier molecular flexibility index (Phi) is 2.88. The number of fused-ring (bicyclic) bond motifs is 9. The van der Waals surface area contributed by atoms with E-state index in [9.17, 15) is 0 Å². The molecule has 1 aromatic heterocycles. The summed E-state index contributed by atoms with van der Waals surface area (Å²) in [6.07, 6.45) is 0. The molecule has 130 valence electrons. The lowest BCUT2D eigenvalue weighted by Gasteiger charge is -2.21. The molecular formula is C25H17BrO. The van der Waals surface area contributed by atoms with Crippen molar-refractivity contribution in [1.82, 2.24) is 0 Å². The van der Waals surface area contributed by atoms with E-state index in [2.05, 4.69) is 96.5 Å². The van der Waals surface area contributed by atoms with Crippen LogP contribution in [0.2, 0.25) is 0 Å². The molecule has 1 nitrogen and oxygen atoms in total. The molecular weight excluding hydrogens is 396 g/mol. The van der Waals surface area contributed by atoms with Gasteiger partial charge in [-0.25, -0.2) is 0 Å². The van der Waals surface area contributed by atoms with E-state index in [1.165, 1.54) is 38.4 Å². The minimum Gasteiger partial charge on any atom is -0.455 e. The maximum Gasteiger partial charge on any atom is 0.143 e. The van der Waals surface area contributed by atoms with Crippen molar-refractivity contribution >= 4 is 48.6 Å². The molecule has 0 fully saturated rings. The van der Waals surface area contributed by atoms with Crippen LogP contribution in [0.1, 0.15) is 25.0 Å². The Hall–Kier alpha value is -2.58. The second kappa shape index (κ2) is 5.02. The Morgan fingerprint density at radius 1 is 0.704 bits per heavy atom. The van der Waals surface area contributed by atoms with Gasteiger partial charge in [-0.3, -0.25) is 0 Å². The number of rotatable bonds is 0. The fraction of sp³-hybridized carbons (Fsp3) is 0.120. The smallest absolute Gasteiger partial charge is 0.143 e. The number of hydrogen-bond donors (Lipinski definition) is 0. The van der Waals surface area contributed by atoms with Crippen molar-refractivity contribution in [2.24, 2.45) is 0 Å². The summed E-state index contributed by atoms with van der Waals surface area (Å²) >= 11 is 3.75. The lowest BCUT2D eigenvalue weighted by Crippen LogP contribution is -2.15. The Balaban J connectivity index is 1.83. The summed E-state index contributed by atoms with van der Waals surface area (Å²) in [5.41, 5.74) is 7.22. The van der Waals surface area contributed by atoms with Gasteiger partial charge in [-0.15, -0.1) is 0 Å². The molecule has 0 atom stereocenters. The summed E-state index contributed by atoms with van der Waals surface area (Å²) in [6, 6.07) is 23.8. The molecule has 0 saturated heterocycles. The standard InChI is InChI=1S/C25H17BrO/c1-25(2)20-10-6-5-7-14(20)16-11-12-18-19-13-21(26)15-8-3-4-9-17(15)23(19)27-24(18)22(16)25/h3-13H,1-2H3. The van der Waals surface area contributed by atoms with E-state index >= 15 is 0 Å². The topological polar surface area (TPSA) is 13.1 Å². The fourth-order valence-corrected chi connectivity index (χ4v) is 5.43. The van der Waals surface area contributed by atoms with Crippen LogP contribution in [0.25, 0.3) is 43.8 Å². The number of hydrogen-bond acceptors (Lipinski definition) is 1. The van der Waals surface area contributed by atoms with Gasteiger partial charge in [0.25, 0.3) is 0 Å². The molecule has 4 aromatic carbocycles. The zero-order valence-electron chi connectivity index (χ0n) is 15.1. The van der Waals surface area contributed by atoms with Crippen LogP contribution in [-0.4, -0.2) is 0 Å². The molecule has 1 heterocycles. The van der Waals surface area contributed by atoms with E-state index in [0.29, 0.717) is 0 Å². The zero-order valence-corrected chi connectivity index (χ0v) is 16.7. The third-order valence-electron chi connectivity index (χ3n) is 6.11. The van der Waals surface area contributed by atoms with Gasteiger partial charge in [0.15, 0.2) is 0 Å². The van der Waals surface area contributed by atoms with Crippen molar-refractivity contribution in [3.63, 3.8) is 0 Å². The molecule has 0 aliphatic heterocycles. The molecule has 5 aromatic rings. The van der Waals surface area contributed by atoms with Gasteiger partial charge in [0.2, 0.25) is 0 Å². The van der Waals surface area contributed by atoms with Crippen LogP contribution in [0.3, 0.4) is 0 Å². The number of benzene rings is 4. The molecule has 2 heteroatoms. The van der Waals surface area contributed by atoms with Crippen molar-refractivity contribution in [2.45, 2.75) is 19.3 Å². The van der Waals surface area contributed by atoms with Crippen LogP contribution in [-0.2, 0) is 5.41 Å². The molecule has 0 N–H and O–H groups in total. The molecule has 0 bridgehead atoms. The molecule has 0 amide bonds. The van der Waals surface area contributed by atoms with Crippen molar-refractivity contribution in [3.8, 4) is 11.1 Å². The van der Waals surface area contributed by atoms with Gasteiger partial charge in [-0.2, -0.15) is 0 Å². The van der Waals surface area contributed by atoms with Crippen LogP contribution < -0.4 is 0 Å². The second-order valence-electron chi connectivity index (χ2n) is 7.92. The predicted molar refractivity (Wildman–Crippen MR) is 116 cm³/mol. The lowest BCUT2D eigenvalue weighted by molar-refractivity contribution is 0.621. The van der Waals surface area contributed by atoms with Crippen LogP contribution in [0.4, 0.5) is 0 Å². The molecule has 6 rings (SSSR count). The van der Waals surface area contributed by atoms with E-state index in [4.69, 9.17) is 4.42 Å². The summed E-state index contributed by atoms with van der Waals surface area (Å²) < 4.78 is 7.72. The lowest BCUT2D eigenvalue weighted by atomic mass is 9.82. The quantitative estimate of drug-likeness (QED) is 0.252. The van der Waals surface area contributed by atoms with Crippen LogP contribution in [0.15, 0.2) is 75.6 Å².